The second kappa shape index (κ2) is 5.35. The van der Waals surface area contributed by atoms with Gasteiger partial charge in [-0.05, 0) is 49.3 Å². The van der Waals surface area contributed by atoms with E-state index in [1.54, 1.807) is 11.8 Å². The number of rotatable bonds is 5. The van der Waals surface area contributed by atoms with Crippen molar-refractivity contribution < 1.29 is 9.63 Å². The van der Waals surface area contributed by atoms with Gasteiger partial charge in [-0.3, -0.25) is 0 Å². The van der Waals surface area contributed by atoms with Gasteiger partial charge in [0.25, 0.3) is 0 Å². The number of hydrogen-bond acceptors (Lipinski definition) is 5. The van der Waals surface area contributed by atoms with Crippen molar-refractivity contribution in [3.05, 3.63) is 30.2 Å². The molecular weight excluding hydrogens is 260 g/mol. The minimum Gasteiger partial charge on any atom is -0.392 e. The number of aromatic nitrogens is 2. The summed E-state index contributed by atoms with van der Waals surface area (Å²) in [5.41, 5.74) is 0.939. The van der Waals surface area contributed by atoms with E-state index >= 15 is 0 Å². The summed E-state index contributed by atoms with van der Waals surface area (Å²) < 4.78 is 5.20. The van der Waals surface area contributed by atoms with Crippen molar-refractivity contribution in [2.24, 2.45) is 5.92 Å². The molecule has 3 rings (SSSR count). The standard InChI is InChI=1S/C14H16N2O2S/c1-19-11-6-4-10(5-7-11)14-15-13(18-16-14)8-12(17)9-2-3-9/h4-7,9,12,17H,2-3,8H2,1H3. The van der Waals surface area contributed by atoms with Gasteiger partial charge in [0.1, 0.15) is 0 Å². The molecule has 1 N–H and O–H groups in total. The van der Waals surface area contributed by atoms with E-state index in [9.17, 15) is 5.11 Å². The van der Waals surface area contributed by atoms with Crippen LogP contribution in [-0.2, 0) is 6.42 Å². The number of thioether (sulfide) groups is 1. The zero-order valence-corrected chi connectivity index (χ0v) is 11.6. The largest absolute Gasteiger partial charge is 0.392 e. The van der Waals surface area contributed by atoms with Crippen molar-refractivity contribution in [2.45, 2.75) is 30.3 Å². The van der Waals surface area contributed by atoms with Crippen LogP contribution in [0.25, 0.3) is 11.4 Å². The quantitative estimate of drug-likeness (QED) is 0.851. The third-order valence-electron chi connectivity index (χ3n) is 3.37. The molecule has 0 aliphatic heterocycles. The highest BCUT2D eigenvalue weighted by molar-refractivity contribution is 7.98. The molecular formula is C14H16N2O2S. The minimum atomic E-state index is -0.341. The Morgan fingerprint density at radius 1 is 1.37 bits per heavy atom. The Labute approximate surface area is 116 Å². The Bertz CT molecular complexity index is 549. The molecule has 5 heteroatoms. The van der Waals surface area contributed by atoms with Gasteiger partial charge in [-0.2, -0.15) is 4.98 Å². The molecule has 1 aliphatic rings. The molecule has 1 saturated carbocycles. The second-order valence-electron chi connectivity index (χ2n) is 4.85. The lowest BCUT2D eigenvalue weighted by molar-refractivity contribution is 0.140. The Hall–Kier alpha value is -1.33. The molecule has 1 unspecified atom stereocenters. The van der Waals surface area contributed by atoms with Crippen molar-refractivity contribution >= 4 is 11.8 Å². The molecule has 1 fully saturated rings. The van der Waals surface area contributed by atoms with Crippen LogP contribution in [-0.4, -0.2) is 27.6 Å². The number of nitrogens with zero attached hydrogens (tertiary/aromatic N) is 2. The van der Waals surface area contributed by atoms with Crippen LogP contribution in [0.2, 0.25) is 0 Å². The van der Waals surface area contributed by atoms with Gasteiger partial charge in [0.05, 0.1) is 12.5 Å². The predicted molar refractivity (Wildman–Crippen MR) is 73.9 cm³/mol. The zero-order chi connectivity index (χ0) is 13.2. The first-order valence-electron chi connectivity index (χ1n) is 6.41. The van der Waals surface area contributed by atoms with Crippen LogP contribution in [0.4, 0.5) is 0 Å². The summed E-state index contributed by atoms with van der Waals surface area (Å²) in [6.45, 7) is 0. The fraction of sp³-hybridized carbons (Fsp3) is 0.429. The molecule has 1 aliphatic carbocycles. The van der Waals surface area contributed by atoms with E-state index in [4.69, 9.17) is 4.52 Å². The molecule has 0 saturated heterocycles. The van der Waals surface area contributed by atoms with Gasteiger partial charge in [0.2, 0.25) is 11.7 Å². The molecule has 0 bridgehead atoms. The van der Waals surface area contributed by atoms with Crippen molar-refractivity contribution in [3.8, 4) is 11.4 Å². The molecule has 1 aromatic heterocycles. The first-order valence-corrected chi connectivity index (χ1v) is 7.64. The van der Waals surface area contributed by atoms with E-state index in [0.29, 0.717) is 24.1 Å². The summed E-state index contributed by atoms with van der Waals surface area (Å²) >= 11 is 1.70. The summed E-state index contributed by atoms with van der Waals surface area (Å²) in [5, 5.41) is 13.8. The van der Waals surface area contributed by atoms with Crippen molar-refractivity contribution in [3.63, 3.8) is 0 Å². The van der Waals surface area contributed by atoms with E-state index < -0.39 is 0 Å². The van der Waals surface area contributed by atoms with Crippen LogP contribution in [0.5, 0.6) is 0 Å². The van der Waals surface area contributed by atoms with Crippen LogP contribution in [0, 0.1) is 5.92 Å². The molecule has 0 amide bonds. The second-order valence-corrected chi connectivity index (χ2v) is 5.73. The highest BCUT2D eigenvalue weighted by atomic mass is 32.2. The Morgan fingerprint density at radius 3 is 2.74 bits per heavy atom. The lowest BCUT2D eigenvalue weighted by Crippen LogP contribution is -2.12. The van der Waals surface area contributed by atoms with Crippen LogP contribution in [0.15, 0.2) is 33.7 Å². The summed E-state index contributed by atoms with van der Waals surface area (Å²) in [6, 6.07) is 8.04. The highest BCUT2D eigenvalue weighted by Gasteiger charge is 2.31. The molecule has 100 valence electrons. The van der Waals surface area contributed by atoms with Gasteiger partial charge in [-0.1, -0.05) is 5.16 Å². The maximum Gasteiger partial charge on any atom is 0.229 e. The van der Waals surface area contributed by atoms with E-state index in [-0.39, 0.29) is 6.10 Å². The lowest BCUT2D eigenvalue weighted by atomic mass is 10.1. The number of hydrogen-bond donors (Lipinski definition) is 1. The molecule has 4 nitrogen and oxygen atoms in total. The van der Waals surface area contributed by atoms with E-state index in [1.807, 2.05) is 30.5 Å². The summed E-state index contributed by atoms with van der Waals surface area (Å²) in [4.78, 5) is 5.55. The monoisotopic (exact) mass is 276 g/mol. The van der Waals surface area contributed by atoms with Gasteiger partial charge >= 0.3 is 0 Å². The van der Waals surface area contributed by atoms with Crippen molar-refractivity contribution in [2.75, 3.05) is 6.26 Å². The van der Waals surface area contributed by atoms with E-state index in [2.05, 4.69) is 10.1 Å². The number of benzene rings is 1. The Balaban J connectivity index is 1.72. The molecule has 0 spiro atoms. The normalized spacial score (nSPS) is 16.5. The lowest BCUT2D eigenvalue weighted by Gasteiger charge is -2.03. The van der Waals surface area contributed by atoms with E-state index in [0.717, 1.165) is 18.4 Å². The fourth-order valence-electron chi connectivity index (χ4n) is 2.02. The minimum absolute atomic E-state index is 0.341. The van der Waals surface area contributed by atoms with Crippen LogP contribution in [0.3, 0.4) is 0 Å². The summed E-state index contributed by atoms with van der Waals surface area (Å²) in [5.74, 6) is 1.53. The predicted octanol–water partition coefficient (Wildman–Crippen LogP) is 2.77. The fourth-order valence-corrected chi connectivity index (χ4v) is 2.43. The smallest absolute Gasteiger partial charge is 0.229 e. The molecule has 2 aromatic rings. The average molecular weight is 276 g/mol. The van der Waals surface area contributed by atoms with Crippen molar-refractivity contribution in [1.29, 1.82) is 0 Å². The van der Waals surface area contributed by atoms with Gasteiger partial charge in [-0.15, -0.1) is 11.8 Å². The maximum atomic E-state index is 9.86. The van der Waals surface area contributed by atoms with Crippen molar-refractivity contribution in [1.82, 2.24) is 10.1 Å². The zero-order valence-electron chi connectivity index (χ0n) is 10.7. The van der Waals surface area contributed by atoms with Crippen LogP contribution >= 0.6 is 11.8 Å². The van der Waals surface area contributed by atoms with Gasteiger partial charge in [0.15, 0.2) is 0 Å². The number of aliphatic hydroxyl groups is 1. The average Bonchev–Trinajstić information content (AvgIpc) is 3.20. The SMILES string of the molecule is CSc1ccc(-c2noc(CC(O)C3CC3)n2)cc1. The summed E-state index contributed by atoms with van der Waals surface area (Å²) in [7, 11) is 0. The first-order chi connectivity index (χ1) is 9.26. The molecule has 0 radical (unpaired) electrons. The Morgan fingerprint density at radius 2 is 2.11 bits per heavy atom. The Kier molecular flexibility index (Phi) is 3.57. The topological polar surface area (TPSA) is 59.2 Å². The molecule has 1 atom stereocenters. The van der Waals surface area contributed by atoms with E-state index in [1.165, 1.54) is 4.90 Å². The maximum absolute atomic E-state index is 9.86. The van der Waals surface area contributed by atoms with Crippen LogP contribution in [0.1, 0.15) is 18.7 Å². The third-order valence-corrected chi connectivity index (χ3v) is 4.11. The van der Waals surface area contributed by atoms with Crippen LogP contribution < -0.4 is 0 Å². The first kappa shape index (κ1) is 12.7. The van der Waals surface area contributed by atoms with Gasteiger partial charge < -0.3 is 9.63 Å². The highest BCUT2D eigenvalue weighted by Crippen LogP contribution is 2.34. The third kappa shape index (κ3) is 2.98. The van der Waals surface area contributed by atoms with Gasteiger partial charge in [-0.25, -0.2) is 0 Å². The molecule has 1 aromatic carbocycles. The molecule has 1 heterocycles. The molecule has 19 heavy (non-hydrogen) atoms. The van der Waals surface area contributed by atoms with Gasteiger partial charge in [0, 0.05) is 10.5 Å². The number of aliphatic hydroxyl groups excluding tert-OH is 1. The summed E-state index contributed by atoms with van der Waals surface area (Å²) in [6.07, 6.45) is 4.38.